The smallest absolute Gasteiger partial charge is 0.0115 e. The second kappa shape index (κ2) is 14.0. The Balaban J connectivity index is 3.74. The average Bonchev–Trinajstić information content (AvgIpc) is 2.38. The van der Waals surface area contributed by atoms with Crippen LogP contribution in [0.1, 0.15) is 59.8 Å². The average molecular weight is 359 g/mol. The molecule has 0 atom stereocenters. The van der Waals surface area contributed by atoms with E-state index in [1.54, 1.807) is 0 Å². The first-order chi connectivity index (χ1) is 9.56. The minimum atomic E-state index is 1.12. The van der Waals surface area contributed by atoms with Crippen molar-refractivity contribution in [3.8, 4) is 0 Å². The minimum absolute atomic E-state index is 1.12. The molecule has 0 aliphatic carbocycles. The van der Waals surface area contributed by atoms with E-state index < -0.39 is 0 Å². The van der Waals surface area contributed by atoms with Gasteiger partial charge in [0.2, 0.25) is 0 Å². The molecule has 0 nitrogen and oxygen atoms in total. The van der Waals surface area contributed by atoms with Crippen LogP contribution in [0.5, 0.6) is 0 Å². The van der Waals surface area contributed by atoms with Crippen LogP contribution in [0.25, 0.3) is 0 Å². The first-order valence-corrected chi connectivity index (χ1v) is 9.92. The number of thioether (sulfide) groups is 1. The molecule has 0 fully saturated rings. The molecule has 0 saturated heterocycles. The zero-order valence-corrected chi connectivity index (χ0v) is 16.1. The van der Waals surface area contributed by atoms with Crippen molar-refractivity contribution in [3.63, 3.8) is 0 Å². The zero-order valence-electron chi connectivity index (χ0n) is 13.7. The van der Waals surface area contributed by atoms with Crippen molar-refractivity contribution in [2.75, 3.05) is 16.8 Å². The lowest BCUT2D eigenvalue weighted by molar-refractivity contribution is 0.917. The molecule has 0 amide bonds. The molecule has 0 aromatic rings. The van der Waals surface area contributed by atoms with Gasteiger partial charge >= 0.3 is 0 Å². The van der Waals surface area contributed by atoms with Crippen LogP contribution in [0, 0.1) is 0 Å². The second-order valence-corrected chi connectivity index (χ2v) is 7.52. The molecule has 20 heavy (non-hydrogen) atoms. The van der Waals surface area contributed by atoms with Crippen molar-refractivity contribution in [2.45, 2.75) is 59.8 Å². The fraction of sp³-hybridized carbons (Fsp3) is 0.667. The topological polar surface area (TPSA) is 0 Å². The van der Waals surface area contributed by atoms with Gasteiger partial charge in [-0.3, -0.25) is 0 Å². The van der Waals surface area contributed by atoms with Gasteiger partial charge in [-0.2, -0.15) is 11.8 Å². The first kappa shape index (κ1) is 20.1. The van der Waals surface area contributed by atoms with Crippen molar-refractivity contribution in [2.24, 2.45) is 0 Å². The summed E-state index contributed by atoms with van der Waals surface area (Å²) in [5, 5.41) is 1.12. The number of rotatable bonds is 11. The number of halogens is 1. The maximum absolute atomic E-state index is 3.47. The minimum Gasteiger partial charge on any atom is -0.158 e. The van der Waals surface area contributed by atoms with E-state index in [-0.39, 0.29) is 0 Å². The molecular formula is C18H31BrS. The summed E-state index contributed by atoms with van der Waals surface area (Å²) in [4.78, 5) is 0. The second-order valence-electron chi connectivity index (χ2n) is 5.58. The van der Waals surface area contributed by atoms with Gasteiger partial charge in [0.25, 0.3) is 0 Å². The van der Waals surface area contributed by atoms with E-state index >= 15 is 0 Å². The molecule has 0 spiro atoms. The molecule has 2 heteroatoms. The van der Waals surface area contributed by atoms with E-state index in [1.165, 1.54) is 60.3 Å². The van der Waals surface area contributed by atoms with Gasteiger partial charge in [0, 0.05) is 11.1 Å². The molecule has 0 rings (SSSR count). The Morgan fingerprint density at radius 1 is 0.900 bits per heavy atom. The molecule has 0 unspecified atom stereocenters. The Bertz CT molecular complexity index is 322. The van der Waals surface area contributed by atoms with Gasteiger partial charge in [0.05, 0.1) is 0 Å². The fourth-order valence-electron chi connectivity index (χ4n) is 1.78. The molecule has 0 aliphatic rings. The van der Waals surface area contributed by atoms with E-state index in [2.05, 4.69) is 61.9 Å². The van der Waals surface area contributed by atoms with Gasteiger partial charge in [-0.05, 0) is 65.6 Å². The summed E-state index contributed by atoms with van der Waals surface area (Å²) in [5.41, 5.74) is 4.49. The Labute approximate surface area is 139 Å². The molecule has 0 radical (unpaired) electrons. The predicted octanol–water partition coefficient (Wildman–Crippen LogP) is 6.92. The molecule has 0 saturated carbocycles. The third kappa shape index (κ3) is 14.5. The van der Waals surface area contributed by atoms with Crippen molar-refractivity contribution >= 4 is 27.7 Å². The van der Waals surface area contributed by atoms with E-state index in [4.69, 9.17) is 0 Å². The third-order valence-corrected chi connectivity index (χ3v) is 4.64. The van der Waals surface area contributed by atoms with Crippen LogP contribution in [0.4, 0.5) is 0 Å². The Morgan fingerprint density at radius 3 is 2.10 bits per heavy atom. The lowest BCUT2D eigenvalue weighted by atomic mass is 10.1. The molecule has 0 aliphatic heterocycles. The summed E-state index contributed by atoms with van der Waals surface area (Å²) < 4.78 is 0. The maximum Gasteiger partial charge on any atom is 0.0115 e. The quantitative estimate of drug-likeness (QED) is 0.219. The third-order valence-electron chi connectivity index (χ3n) is 3.09. The highest BCUT2D eigenvalue weighted by Gasteiger charge is 1.92. The van der Waals surface area contributed by atoms with E-state index in [9.17, 15) is 0 Å². The molecule has 0 N–H and O–H groups in total. The Kier molecular flexibility index (Phi) is 14.0. The van der Waals surface area contributed by atoms with Crippen molar-refractivity contribution < 1.29 is 0 Å². The zero-order chi connectivity index (χ0) is 15.2. The Morgan fingerprint density at radius 2 is 1.50 bits per heavy atom. The van der Waals surface area contributed by atoms with Crippen LogP contribution in [0.2, 0.25) is 0 Å². The van der Waals surface area contributed by atoms with Crippen LogP contribution < -0.4 is 0 Å². The summed E-state index contributed by atoms with van der Waals surface area (Å²) in [6.45, 7) is 8.86. The maximum atomic E-state index is 3.47. The lowest BCUT2D eigenvalue weighted by Gasteiger charge is -2.02. The van der Waals surface area contributed by atoms with Crippen LogP contribution >= 0.6 is 27.7 Å². The number of alkyl halides is 1. The summed E-state index contributed by atoms with van der Waals surface area (Å²) in [5.74, 6) is 2.43. The van der Waals surface area contributed by atoms with Crippen LogP contribution in [0.3, 0.4) is 0 Å². The number of hydrogen-bond acceptors (Lipinski definition) is 1. The molecule has 0 aromatic carbocycles. The van der Waals surface area contributed by atoms with Crippen LogP contribution in [-0.4, -0.2) is 16.8 Å². The molecule has 116 valence electrons. The summed E-state index contributed by atoms with van der Waals surface area (Å²) in [6, 6.07) is 0. The van der Waals surface area contributed by atoms with Gasteiger partial charge in [-0.25, -0.2) is 0 Å². The van der Waals surface area contributed by atoms with E-state index in [1.807, 2.05) is 11.8 Å². The highest BCUT2D eigenvalue weighted by atomic mass is 79.9. The highest BCUT2D eigenvalue weighted by Crippen LogP contribution is 2.12. The number of hydrogen-bond donors (Lipinski definition) is 0. The predicted molar refractivity (Wildman–Crippen MR) is 101 cm³/mol. The van der Waals surface area contributed by atoms with Crippen molar-refractivity contribution in [1.29, 1.82) is 0 Å². The molecule has 0 bridgehead atoms. The van der Waals surface area contributed by atoms with Gasteiger partial charge in [0.15, 0.2) is 0 Å². The Hall–Kier alpha value is 0.0500. The van der Waals surface area contributed by atoms with E-state index in [0.29, 0.717) is 0 Å². The van der Waals surface area contributed by atoms with Crippen molar-refractivity contribution in [3.05, 3.63) is 34.9 Å². The molecular weight excluding hydrogens is 328 g/mol. The van der Waals surface area contributed by atoms with Crippen LogP contribution in [0.15, 0.2) is 34.9 Å². The first-order valence-electron chi connectivity index (χ1n) is 7.64. The number of allylic oxidation sites excluding steroid dienone is 5. The normalized spacial score (nSPS) is 12.7. The summed E-state index contributed by atoms with van der Waals surface area (Å²) in [7, 11) is 0. The molecule has 0 aromatic heterocycles. The van der Waals surface area contributed by atoms with Gasteiger partial charge in [-0.1, -0.05) is 50.9 Å². The lowest BCUT2D eigenvalue weighted by Crippen LogP contribution is -1.84. The van der Waals surface area contributed by atoms with Gasteiger partial charge in [0.1, 0.15) is 0 Å². The van der Waals surface area contributed by atoms with Gasteiger partial charge < -0.3 is 0 Å². The SMILES string of the molecule is CC(C)=CCCC(C)=CCCC(C)=CCSCCCBr. The van der Waals surface area contributed by atoms with E-state index in [0.717, 1.165) is 5.33 Å². The summed E-state index contributed by atoms with van der Waals surface area (Å²) >= 11 is 5.50. The standard InChI is InChI=1S/C18H31BrS/c1-16(2)8-5-9-17(3)10-6-11-18(4)12-15-20-14-7-13-19/h8,10,12H,5-7,9,11,13-15H2,1-4H3. The fourth-order valence-corrected chi connectivity index (χ4v) is 3.35. The monoisotopic (exact) mass is 358 g/mol. The van der Waals surface area contributed by atoms with Gasteiger partial charge in [-0.15, -0.1) is 0 Å². The largest absolute Gasteiger partial charge is 0.158 e. The van der Waals surface area contributed by atoms with Crippen LogP contribution in [-0.2, 0) is 0 Å². The molecule has 0 heterocycles. The van der Waals surface area contributed by atoms with Crippen molar-refractivity contribution in [1.82, 2.24) is 0 Å². The highest BCUT2D eigenvalue weighted by molar-refractivity contribution is 9.09. The summed E-state index contributed by atoms with van der Waals surface area (Å²) in [6.07, 6.45) is 13.2.